The molecule has 1 N–H and O–H groups in total. The summed E-state index contributed by atoms with van der Waals surface area (Å²) in [5.74, 6) is -0.0125. The Labute approximate surface area is 147 Å². The van der Waals surface area contributed by atoms with E-state index in [9.17, 15) is 8.42 Å². The largest absolute Gasteiger partial charge is 0.216 e. The summed E-state index contributed by atoms with van der Waals surface area (Å²) in [7, 11) is -3.36. The zero-order valence-electron chi connectivity index (χ0n) is 13.5. The van der Waals surface area contributed by atoms with Crippen molar-refractivity contribution in [1.29, 1.82) is 0 Å². The van der Waals surface area contributed by atoms with Gasteiger partial charge in [0.2, 0.25) is 10.0 Å². The summed E-state index contributed by atoms with van der Waals surface area (Å²) in [5, 5.41) is 0. The van der Waals surface area contributed by atoms with Crippen molar-refractivity contribution >= 4 is 26.0 Å². The summed E-state index contributed by atoms with van der Waals surface area (Å²) in [6.07, 6.45) is 1.84. The summed E-state index contributed by atoms with van der Waals surface area (Å²) >= 11 is 3.36. The van der Waals surface area contributed by atoms with E-state index in [1.165, 1.54) is 11.1 Å². The Morgan fingerprint density at radius 2 is 1.74 bits per heavy atom. The molecule has 0 spiro atoms. The first-order chi connectivity index (χ1) is 10.9. The third-order valence-corrected chi connectivity index (χ3v) is 5.58. The molecule has 0 atom stereocenters. The SMILES string of the molecule is CCc1ccc(CC)c(CNS(=O)(=O)Cc2cccc(Br)c2)c1. The van der Waals surface area contributed by atoms with Crippen LogP contribution in [0.15, 0.2) is 46.9 Å². The monoisotopic (exact) mass is 395 g/mol. The van der Waals surface area contributed by atoms with Gasteiger partial charge in [0.05, 0.1) is 5.75 Å². The summed E-state index contributed by atoms with van der Waals surface area (Å²) in [5.41, 5.74) is 4.24. The van der Waals surface area contributed by atoms with E-state index >= 15 is 0 Å². The molecule has 124 valence electrons. The van der Waals surface area contributed by atoms with Gasteiger partial charge in [0.1, 0.15) is 0 Å². The first-order valence-electron chi connectivity index (χ1n) is 7.76. The maximum absolute atomic E-state index is 12.3. The molecule has 0 aromatic heterocycles. The molecule has 0 aliphatic heterocycles. The van der Waals surface area contributed by atoms with Gasteiger partial charge >= 0.3 is 0 Å². The normalized spacial score (nSPS) is 11.6. The molecule has 0 fully saturated rings. The number of nitrogens with one attached hydrogen (secondary N) is 1. The smallest absolute Gasteiger partial charge is 0.212 e. The molecule has 0 aliphatic rings. The van der Waals surface area contributed by atoms with Crippen molar-refractivity contribution in [3.05, 3.63) is 69.2 Å². The molecule has 0 amide bonds. The van der Waals surface area contributed by atoms with E-state index in [2.05, 4.69) is 52.7 Å². The van der Waals surface area contributed by atoms with E-state index in [-0.39, 0.29) is 5.75 Å². The predicted molar refractivity (Wildman–Crippen MR) is 98.8 cm³/mol. The average molecular weight is 396 g/mol. The molecule has 0 unspecified atom stereocenters. The molecule has 0 aliphatic carbocycles. The van der Waals surface area contributed by atoms with Crippen molar-refractivity contribution < 1.29 is 8.42 Å². The van der Waals surface area contributed by atoms with E-state index in [4.69, 9.17) is 0 Å². The van der Waals surface area contributed by atoms with Gasteiger partial charge in [0.25, 0.3) is 0 Å². The van der Waals surface area contributed by atoms with Gasteiger partial charge in [-0.3, -0.25) is 0 Å². The highest BCUT2D eigenvalue weighted by Gasteiger charge is 2.13. The quantitative estimate of drug-likeness (QED) is 0.763. The number of halogens is 1. The van der Waals surface area contributed by atoms with Crippen LogP contribution in [0.25, 0.3) is 0 Å². The summed E-state index contributed by atoms with van der Waals surface area (Å²) in [6, 6.07) is 13.7. The van der Waals surface area contributed by atoms with Gasteiger partial charge in [-0.25, -0.2) is 13.1 Å². The zero-order valence-corrected chi connectivity index (χ0v) is 15.9. The Morgan fingerprint density at radius 1 is 0.957 bits per heavy atom. The minimum absolute atomic E-state index is 0.0125. The van der Waals surface area contributed by atoms with Crippen molar-refractivity contribution in [3.8, 4) is 0 Å². The van der Waals surface area contributed by atoms with Crippen LogP contribution < -0.4 is 4.72 Å². The second kappa shape index (κ2) is 8.08. The number of aryl methyl sites for hydroxylation is 2. The third-order valence-electron chi connectivity index (χ3n) is 3.79. The van der Waals surface area contributed by atoms with Gasteiger partial charge in [0, 0.05) is 11.0 Å². The van der Waals surface area contributed by atoms with E-state index < -0.39 is 10.0 Å². The molecule has 5 heteroatoms. The van der Waals surface area contributed by atoms with Gasteiger partial charge < -0.3 is 0 Å². The van der Waals surface area contributed by atoms with Crippen LogP contribution in [0.2, 0.25) is 0 Å². The van der Waals surface area contributed by atoms with Crippen LogP contribution in [0.4, 0.5) is 0 Å². The highest BCUT2D eigenvalue weighted by atomic mass is 79.9. The molecule has 0 radical (unpaired) electrons. The fourth-order valence-electron chi connectivity index (χ4n) is 2.49. The highest BCUT2D eigenvalue weighted by Crippen LogP contribution is 2.16. The molecular formula is C18H22BrNO2S. The second-order valence-corrected chi connectivity index (χ2v) is 8.24. The van der Waals surface area contributed by atoms with Crippen LogP contribution in [0.1, 0.15) is 36.1 Å². The van der Waals surface area contributed by atoms with Gasteiger partial charge in [-0.2, -0.15) is 0 Å². The fraction of sp³-hybridized carbons (Fsp3) is 0.333. The second-order valence-electron chi connectivity index (χ2n) is 5.52. The van der Waals surface area contributed by atoms with Crippen LogP contribution in [-0.4, -0.2) is 8.42 Å². The minimum atomic E-state index is -3.36. The van der Waals surface area contributed by atoms with E-state index in [1.54, 1.807) is 0 Å². The Bertz CT molecular complexity index is 772. The van der Waals surface area contributed by atoms with Gasteiger partial charge in [-0.05, 0) is 47.2 Å². The minimum Gasteiger partial charge on any atom is -0.212 e. The number of hydrogen-bond acceptors (Lipinski definition) is 2. The predicted octanol–water partition coefficient (Wildman–Crippen LogP) is 4.19. The lowest BCUT2D eigenvalue weighted by Gasteiger charge is -2.12. The molecule has 2 aromatic carbocycles. The molecular weight excluding hydrogens is 374 g/mol. The maximum atomic E-state index is 12.3. The van der Waals surface area contributed by atoms with Gasteiger partial charge in [-0.1, -0.05) is 60.1 Å². The summed E-state index contributed by atoms with van der Waals surface area (Å²) < 4.78 is 28.2. The molecule has 0 heterocycles. The number of sulfonamides is 1. The number of benzene rings is 2. The third kappa shape index (κ3) is 5.44. The standard InChI is InChI=1S/C18H22BrNO2S/c1-3-14-8-9-16(4-2)17(10-14)12-20-23(21,22)13-15-6-5-7-18(19)11-15/h5-11,20H,3-4,12-13H2,1-2H3. The van der Waals surface area contributed by atoms with Crippen molar-refractivity contribution in [1.82, 2.24) is 4.72 Å². The van der Waals surface area contributed by atoms with Crippen molar-refractivity contribution in [2.24, 2.45) is 0 Å². The lowest BCUT2D eigenvalue weighted by atomic mass is 10.0. The average Bonchev–Trinajstić information content (AvgIpc) is 2.52. The molecule has 0 saturated carbocycles. The van der Waals surface area contributed by atoms with Crippen LogP contribution in [0.3, 0.4) is 0 Å². The molecule has 3 nitrogen and oxygen atoms in total. The summed E-state index contributed by atoms with van der Waals surface area (Å²) in [6.45, 7) is 4.52. The molecule has 0 bridgehead atoms. The van der Waals surface area contributed by atoms with Crippen LogP contribution in [0.5, 0.6) is 0 Å². The lowest BCUT2D eigenvalue weighted by Crippen LogP contribution is -2.25. The van der Waals surface area contributed by atoms with Crippen LogP contribution in [-0.2, 0) is 35.2 Å². The Balaban J connectivity index is 2.10. The van der Waals surface area contributed by atoms with Crippen molar-refractivity contribution in [2.45, 2.75) is 39.0 Å². The Hall–Kier alpha value is -1.17. The highest BCUT2D eigenvalue weighted by molar-refractivity contribution is 9.10. The summed E-state index contributed by atoms with van der Waals surface area (Å²) in [4.78, 5) is 0. The van der Waals surface area contributed by atoms with Crippen molar-refractivity contribution in [3.63, 3.8) is 0 Å². The molecule has 23 heavy (non-hydrogen) atoms. The van der Waals surface area contributed by atoms with Crippen LogP contribution in [0, 0.1) is 0 Å². The van der Waals surface area contributed by atoms with Gasteiger partial charge in [0.15, 0.2) is 0 Å². The molecule has 0 saturated heterocycles. The molecule has 2 rings (SSSR count). The van der Waals surface area contributed by atoms with E-state index in [0.717, 1.165) is 28.4 Å². The lowest BCUT2D eigenvalue weighted by molar-refractivity contribution is 0.580. The van der Waals surface area contributed by atoms with Gasteiger partial charge in [-0.15, -0.1) is 0 Å². The number of rotatable bonds is 7. The van der Waals surface area contributed by atoms with E-state index in [0.29, 0.717) is 6.54 Å². The Kier molecular flexibility index (Phi) is 6.39. The first-order valence-corrected chi connectivity index (χ1v) is 10.2. The van der Waals surface area contributed by atoms with Crippen molar-refractivity contribution in [2.75, 3.05) is 0 Å². The van der Waals surface area contributed by atoms with E-state index in [1.807, 2.05) is 24.3 Å². The zero-order chi connectivity index (χ0) is 16.9. The Morgan fingerprint density at radius 3 is 2.39 bits per heavy atom. The molecule has 2 aromatic rings. The first kappa shape index (κ1) is 18.2. The maximum Gasteiger partial charge on any atom is 0.216 e. The fourth-order valence-corrected chi connectivity index (χ4v) is 4.04. The topological polar surface area (TPSA) is 46.2 Å². The van der Waals surface area contributed by atoms with Crippen LogP contribution >= 0.6 is 15.9 Å². The number of hydrogen-bond donors (Lipinski definition) is 1.